The van der Waals surface area contributed by atoms with Gasteiger partial charge >= 0.3 is 12.0 Å². The molecule has 1 aromatic rings. The van der Waals surface area contributed by atoms with Crippen molar-refractivity contribution in [3.8, 4) is 0 Å². The van der Waals surface area contributed by atoms with Crippen molar-refractivity contribution in [2.75, 3.05) is 32.5 Å². The minimum atomic E-state index is -0.989. The Morgan fingerprint density at radius 2 is 2.18 bits per heavy atom. The maximum absolute atomic E-state index is 11.1. The molecule has 94 valence electrons. The van der Waals surface area contributed by atoms with Gasteiger partial charge in [0, 0.05) is 27.2 Å². The van der Waals surface area contributed by atoms with E-state index >= 15 is 0 Å². The van der Waals surface area contributed by atoms with Crippen LogP contribution in [0.1, 0.15) is 9.67 Å². The van der Waals surface area contributed by atoms with Crippen LogP contribution in [-0.2, 0) is 0 Å². The van der Waals surface area contributed by atoms with Gasteiger partial charge in [-0.2, -0.15) is 0 Å². The van der Waals surface area contributed by atoms with E-state index in [1.165, 1.54) is 11.1 Å². The number of amides is 2. The van der Waals surface area contributed by atoms with E-state index in [1.54, 1.807) is 14.1 Å². The fourth-order valence-electron chi connectivity index (χ4n) is 0.952. The van der Waals surface area contributed by atoms with Gasteiger partial charge in [-0.05, 0) is 0 Å². The third kappa shape index (κ3) is 4.27. The molecule has 0 radical (unpaired) electrons. The highest BCUT2D eigenvalue weighted by Gasteiger charge is 2.07. The topological polar surface area (TPSA) is 94.6 Å². The molecular formula is C9H14N4O3S. The highest BCUT2D eigenvalue weighted by molar-refractivity contribution is 7.17. The maximum atomic E-state index is 11.1. The molecule has 0 saturated heterocycles. The van der Waals surface area contributed by atoms with Crippen LogP contribution >= 0.6 is 11.3 Å². The van der Waals surface area contributed by atoms with Gasteiger partial charge in [-0.3, -0.25) is 0 Å². The van der Waals surface area contributed by atoms with E-state index in [0.717, 1.165) is 11.3 Å². The Kier molecular flexibility index (Phi) is 4.70. The van der Waals surface area contributed by atoms with Crippen LogP contribution in [0.3, 0.4) is 0 Å². The Bertz CT molecular complexity index is 405. The third-order valence-corrected chi connectivity index (χ3v) is 2.74. The van der Waals surface area contributed by atoms with Crippen LogP contribution in [-0.4, -0.2) is 54.2 Å². The summed E-state index contributed by atoms with van der Waals surface area (Å²) in [7, 11) is 3.31. The average molecular weight is 258 g/mol. The molecule has 0 spiro atoms. The van der Waals surface area contributed by atoms with E-state index in [4.69, 9.17) is 5.11 Å². The molecule has 0 unspecified atom stereocenters. The first-order valence-electron chi connectivity index (χ1n) is 4.89. The lowest BCUT2D eigenvalue weighted by Gasteiger charge is -2.11. The normalized spacial score (nSPS) is 9.76. The predicted molar refractivity (Wildman–Crippen MR) is 64.6 cm³/mol. The number of urea groups is 1. The van der Waals surface area contributed by atoms with Crippen molar-refractivity contribution in [3.05, 3.63) is 11.1 Å². The van der Waals surface area contributed by atoms with Gasteiger partial charge < -0.3 is 20.6 Å². The molecule has 2 amide bonds. The molecule has 0 atom stereocenters. The zero-order chi connectivity index (χ0) is 12.8. The lowest BCUT2D eigenvalue weighted by Crippen LogP contribution is -2.37. The van der Waals surface area contributed by atoms with E-state index in [0.29, 0.717) is 18.2 Å². The van der Waals surface area contributed by atoms with Gasteiger partial charge in [0.1, 0.15) is 4.88 Å². The number of aromatic carboxylic acids is 1. The molecule has 17 heavy (non-hydrogen) atoms. The molecule has 1 rings (SSSR count). The van der Waals surface area contributed by atoms with Crippen molar-refractivity contribution in [1.82, 2.24) is 15.2 Å². The SMILES string of the molecule is CN(C)C(=O)NCCNc1ncc(C(=O)O)s1. The number of carbonyl (C=O) groups excluding carboxylic acids is 1. The Labute approximate surface area is 102 Å². The number of nitrogens with zero attached hydrogens (tertiary/aromatic N) is 2. The van der Waals surface area contributed by atoms with Crippen LogP contribution in [0.5, 0.6) is 0 Å². The lowest BCUT2D eigenvalue weighted by molar-refractivity contribution is 0.0702. The van der Waals surface area contributed by atoms with Crippen molar-refractivity contribution in [3.63, 3.8) is 0 Å². The van der Waals surface area contributed by atoms with E-state index in [9.17, 15) is 9.59 Å². The van der Waals surface area contributed by atoms with Crippen molar-refractivity contribution >= 4 is 28.5 Å². The minimum Gasteiger partial charge on any atom is -0.477 e. The van der Waals surface area contributed by atoms with Gasteiger partial charge in [-0.25, -0.2) is 14.6 Å². The maximum Gasteiger partial charge on any atom is 0.347 e. The molecule has 0 aliphatic heterocycles. The van der Waals surface area contributed by atoms with Gasteiger partial charge in [-0.15, -0.1) is 0 Å². The highest BCUT2D eigenvalue weighted by Crippen LogP contribution is 2.17. The Morgan fingerprint density at radius 3 is 2.71 bits per heavy atom. The summed E-state index contributed by atoms with van der Waals surface area (Å²) in [6.45, 7) is 0.936. The van der Waals surface area contributed by atoms with E-state index in [-0.39, 0.29) is 10.9 Å². The number of carbonyl (C=O) groups is 2. The number of thiazole rings is 1. The van der Waals surface area contributed by atoms with Crippen LogP contribution in [0, 0.1) is 0 Å². The van der Waals surface area contributed by atoms with Crippen LogP contribution in [0.4, 0.5) is 9.93 Å². The number of nitrogens with one attached hydrogen (secondary N) is 2. The number of carboxylic acids is 1. The number of rotatable bonds is 5. The molecule has 0 aromatic carbocycles. The number of hydrogen-bond acceptors (Lipinski definition) is 5. The van der Waals surface area contributed by atoms with Crippen molar-refractivity contribution < 1.29 is 14.7 Å². The summed E-state index contributed by atoms with van der Waals surface area (Å²) in [6, 6.07) is -0.169. The molecule has 1 aromatic heterocycles. The number of aromatic nitrogens is 1. The fraction of sp³-hybridized carbons (Fsp3) is 0.444. The minimum absolute atomic E-state index is 0.169. The van der Waals surface area contributed by atoms with Gasteiger partial charge in [0.15, 0.2) is 5.13 Å². The second-order valence-corrected chi connectivity index (χ2v) is 4.42. The van der Waals surface area contributed by atoms with Gasteiger partial charge in [-0.1, -0.05) is 11.3 Å². The summed E-state index contributed by atoms with van der Waals surface area (Å²) in [4.78, 5) is 27.2. The van der Waals surface area contributed by atoms with Crippen molar-refractivity contribution in [2.45, 2.75) is 0 Å². The molecular weight excluding hydrogens is 244 g/mol. The fourth-order valence-corrected chi connectivity index (χ4v) is 1.63. The van der Waals surface area contributed by atoms with E-state index in [2.05, 4.69) is 15.6 Å². The molecule has 3 N–H and O–H groups in total. The predicted octanol–water partition coefficient (Wildman–Crippen LogP) is 0.524. The summed E-state index contributed by atoms with van der Waals surface area (Å²) in [5.41, 5.74) is 0. The molecule has 8 heteroatoms. The Balaban J connectivity index is 2.26. The molecule has 0 aliphatic rings. The van der Waals surface area contributed by atoms with Crippen LogP contribution in [0.15, 0.2) is 6.20 Å². The van der Waals surface area contributed by atoms with Crippen molar-refractivity contribution in [2.24, 2.45) is 0 Å². The van der Waals surface area contributed by atoms with Gasteiger partial charge in [0.05, 0.1) is 6.20 Å². The molecule has 7 nitrogen and oxygen atoms in total. The monoisotopic (exact) mass is 258 g/mol. The highest BCUT2D eigenvalue weighted by atomic mass is 32.1. The lowest BCUT2D eigenvalue weighted by atomic mass is 10.6. The molecule has 1 heterocycles. The summed E-state index contributed by atoms with van der Waals surface area (Å²) in [5.74, 6) is -0.989. The number of anilines is 1. The first kappa shape index (κ1) is 13.2. The van der Waals surface area contributed by atoms with Crippen molar-refractivity contribution in [1.29, 1.82) is 0 Å². The van der Waals surface area contributed by atoms with Crippen LogP contribution in [0.25, 0.3) is 0 Å². The zero-order valence-electron chi connectivity index (χ0n) is 9.56. The van der Waals surface area contributed by atoms with E-state index in [1.807, 2.05) is 0 Å². The molecule has 0 fully saturated rings. The van der Waals surface area contributed by atoms with Gasteiger partial charge in [0.2, 0.25) is 0 Å². The van der Waals surface area contributed by atoms with E-state index < -0.39 is 5.97 Å². The number of hydrogen-bond donors (Lipinski definition) is 3. The van der Waals surface area contributed by atoms with Crippen LogP contribution in [0.2, 0.25) is 0 Å². The molecule has 0 aliphatic carbocycles. The summed E-state index contributed by atoms with van der Waals surface area (Å²) >= 11 is 1.06. The quantitative estimate of drug-likeness (QED) is 0.669. The standard InChI is InChI=1S/C9H14N4O3S/c1-13(2)9(16)11-4-3-10-8-12-5-6(17-8)7(14)15/h5H,3-4H2,1-2H3,(H,10,12)(H,11,16)(H,14,15). The molecule has 0 bridgehead atoms. The molecule has 0 saturated carbocycles. The zero-order valence-corrected chi connectivity index (χ0v) is 10.4. The summed E-state index contributed by atoms with van der Waals surface area (Å²) in [5, 5.41) is 14.8. The second kappa shape index (κ2) is 6.04. The first-order valence-corrected chi connectivity index (χ1v) is 5.70. The second-order valence-electron chi connectivity index (χ2n) is 3.39. The van der Waals surface area contributed by atoms with Crippen LogP contribution < -0.4 is 10.6 Å². The third-order valence-electron chi connectivity index (χ3n) is 1.80. The number of carboxylic acid groups (broad SMARTS) is 1. The largest absolute Gasteiger partial charge is 0.477 e. The first-order chi connectivity index (χ1) is 8.00. The Morgan fingerprint density at radius 1 is 1.47 bits per heavy atom. The van der Waals surface area contributed by atoms with Gasteiger partial charge in [0.25, 0.3) is 0 Å². The smallest absolute Gasteiger partial charge is 0.347 e. The summed E-state index contributed by atoms with van der Waals surface area (Å²) in [6.07, 6.45) is 1.30. The summed E-state index contributed by atoms with van der Waals surface area (Å²) < 4.78 is 0. The average Bonchev–Trinajstić information content (AvgIpc) is 2.72. The Hall–Kier alpha value is -1.83.